The topological polar surface area (TPSA) is 100 Å². The van der Waals surface area contributed by atoms with E-state index in [1.54, 1.807) is 0 Å². The molecule has 0 aliphatic rings. The number of benzene rings is 1. The van der Waals surface area contributed by atoms with Crippen molar-refractivity contribution in [3.8, 4) is 11.5 Å². The molecule has 0 fully saturated rings. The monoisotopic (exact) mass is 493 g/mol. The summed E-state index contributed by atoms with van der Waals surface area (Å²) >= 11 is 4.03. The van der Waals surface area contributed by atoms with Gasteiger partial charge in [-0.2, -0.15) is 7.11 Å². The first-order chi connectivity index (χ1) is 11.8. The number of aliphatic hydroxyl groups excluding tert-OH is 1. The van der Waals surface area contributed by atoms with Crippen molar-refractivity contribution in [1.29, 1.82) is 0 Å². The molecule has 0 aliphatic heterocycles. The van der Waals surface area contributed by atoms with Crippen molar-refractivity contribution in [2.45, 2.75) is 18.7 Å². The first-order valence-electron chi connectivity index (χ1n) is 7.63. The first kappa shape index (κ1) is 32.2. The molecule has 0 atom stereocenters. The van der Waals surface area contributed by atoms with Crippen molar-refractivity contribution in [3.05, 3.63) is 44.2 Å². The standard InChI is InChI=1S/C16H24NO7S.2CH3.Y/c1-16(2,10-18)11-23-5-4-22-6-7-24-14-8-12(17(19)20)15(25)9-13(14)21-3;;;/h8-9,18,25H,3-7,10-11H2,1-2H3;2*1H3;/q3*-1;+3. The SMILES string of the molecule is [CH2-]Oc1cc(S)c([N+](=O)[O-])cc1OCCOCCOCC(C)(C)CO.[CH3-].[CH3-].[Y+3]. The number of nitro benzene ring substituents is 1. The van der Waals surface area contributed by atoms with Crippen LogP contribution in [0, 0.1) is 37.5 Å². The third kappa shape index (κ3) is 11.5. The maximum Gasteiger partial charge on any atom is 3.00 e. The second-order valence-electron chi connectivity index (χ2n) is 6.02. The van der Waals surface area contributed by atoms with E-state index < -0.39 is 4.92 Å². The van der Waals surface area contributed by atoms with Gasteiger partial charge >= 0.3 is 32.7 Å². The van der Waals surface area contributed by atoms with E-state index in [1.807, 2.05) is 13.8 Å². The summed E-state index contributed by atoms with van der Waals surface area (Å²) in [5.41, 5.74) is -0.457. The Balaban J connectivity index is -0.00000208. The van der Waals surface area contributed by atoms with Gasteiger partial charge in [-0.1, -0.05) is 13.8 Å². The van der Waals surface area contributed by atoms with Crippen LogP contribution in [0.4, 0.5) is 5.69 Å². The van der Waals surface area contributed by atoms with Crippen molar-refractivity contribution in [2.75, 3.05) is 39.6 Å². The zero-order valence-corrected chi connectivity index (χ0v) is 20.7. The van der Waals surface area contributed by atoms with E-state index in [1.165, 1.54) is 12.1 Å². The molecule has 1 aromatic rings. The summed E-state index contributed by atoms with van der Waals surface area (Å²) in [5, 5.41) is 20.0. The van der Waals surface area contributed by atoms with Gasteiger partial charge in [-0.25, -0.2) is 0 Å². The quantitative estimate of drug-likeness (QED) is 0.151. The Hall–Kier alpha value is -0.446. The molecule has 28 heavy (non-hydrogen) atoms. The number of hydrogen-bond acceptors (Lipinski definition) is 8. The Morgan fingerprint density at radius 1 is 1.14 bits per heavy atom. The van der Waals surface area contributed by atoms with Crippen molar-refractivity contribution < 1.29 is 61.7 Å². The Kier molecular flexibility index (Phi) is 18.8. The fraction of sp³-hybridized carbons (Fsp3) is 0.500. The van der Waals surface area contributed by atoms with E-state index in [4.69, 9.17) is 24.1 Å². The molecule has 0 bridgehead atoms. The number of nitro groups is 1. The summed E-state index contributed by atoms with van der Waals surface area (Å²) in [6.07, 6.45) is 0. The molecular weight excluding hydrogens is 463 g/mol. The Labute approximate surface area is 198 Å². The maximum absolute atomic E-state index is 10.9. The van der Waals surface area contributed by atoms with Crippen LogP contribution < -0.4 is 9.47 Å². The molecule has 1 rings (SSSR count). The molecule has 1 aromatic carbocycles. The summed E-state index contributed by atoms with van der Waals surface area (Å²) in [6, 6.07) is 2.62. The molecule has 8 nitrogen and oxygen atoms in total. The Morgan fingerprint density at radius 3 is 2.25 bits per heavy atom. The van der Waals surface area contributed by atoms with Crippen molar-refractivity contribution in [2.24, 2.45) is 5.41 Å². The average Bonchev–Trinajstić information content (AvgIpc) is 2.57. The Bertz CT molecular complexity index is 573. The van der Waals surface area contributed by atoms with Crippen molar-refractivity contribution >= 4 is 18.3 Å². The number of thiol groups is 1. The third-order valence-electron chi connectivity index (χ3n) is 3.17. The van der Waals surface area contributed by atoms with E-state index in [0.29, 0.717) is 19.8 Å². The van der Waals surface area contributed by atoms with E-state index >= 15 is 0 Å². The smallest absolute Gasteiger partial charge is 0.663 e. The van der Waals surface area contributed by atoms with Crippen LogP contribution in [0.1, 0.15) is 13.8 Å². The van der Waals surface area contributed by atoms with E-state index in [9.17, 15) is 10.1 Å². The van der Waals surface area contributed by atoms with E-state index in [2.05, 4.69) is 19.7 Å². The fourth-order valence-electron chi connectivity index (χ4n) is 1.73. The largest absolute Gasteiger partial charge is 3.00 e. The fourth-order valence-corrected chi connectivity index (χ4v) is 2.00. The van der Waals surface area contributed by atoms with Gasteiger partial charge in [-0.15, -0.1) is 12.6 Å². The molecule has 0 heterocycles. The minimum absolute atomic E-state index is 0. The Morgan fingerprint density at radius 2 is 1.71 bits per heavy atom. The zero-order chi connectivity index (χ0) is 18.9. The molecule has 0 radical (unpaired) electrons. The van der Waals surface area contributed by atoms with Crippen molar-refractivity contribution in [3.63, 3.8) is 0 Å². The van der Waals surface area contributed by atoms with Gasteiger partial charge in [0.05, 0.1) is 48.9 Å². The molecule has 0 unspecified atom stereocenters. The number of nitrogens with zero attached hydrogens (tertiary/aromatic N) is 1. The van der Waals surface area contributed by atoms with Gasteiger partial charge in [0.15, 0.2) is 5.75 Å². The number of aliphatic hydroxyl groups is 1. The van der Waals surface area contributed by atoms with Gasteiger partial charge in [0.2, 0.25) is 0 Å². The minimum atomic E-state index is -0.552. The molecule has 10 heteroatoms. The summed E-state index contributed by atoms with van der Waals surface area (Å²) in [7, 11) is 3.29. The molecule has 0 saturated heterocycles. The molecular formula is C18H30NO7SY. The van der Waals surface area contributed by atoms with Crippen LogP contribution in [0.3, 0.4) is 0 Å². The number of hydrogen-bond donors (Lipinski definition) is 2. The molecule has 0 spiro atoms. The second-order valence-corrected chi connectivity index (χ2v) is 6.51. The van der Waals surface area contributed by atoms with Crippen LogP contribution in [0.2, 0.25) is 0 Å². The average molecular weight is 493 g/mol. The summed E-state index contributed by atoms with van der Waals surface area (Å²) in [5.74, 6) is 0.453. The molecule has 158 valence electrons. The van der Waals surface area contributed by atoms with Crippen LogP contribution >= 0.6 is 12.6 Å². The van der Waals surface area contributed by atoms with Gasteiger partial charge in [-0.05, 0) is 0 Å². The van der Waals surface area contributed by atoms with Crippen LogP contribution in [0.15, 0.2) is 17.0 Å². The van der Waals surface area contributed by atoms with Gasteiger partial charge in [0, 0.05) is 11.5 Å². The van der Waals surface area contributed by atoms with E-state index in [0.717, 1.165) is 0 Å². The van der Waals surface area contributed by atoms with Gasteiger partial charge in [0.1, 0.15) is 12.4 Å². The molecule has 1 N–H and O–H groups in total. The zero-order valence-electron chi connectivity index (χ0n) is 17.0. The van der Waals surface area contributed by atoms with Crippen LogP contribution in [-0.4, -0.2) is 49.7 Å². The van der Waals surface area contributed by atoms with Crippen molar-refractivity contribution in [1.82, 2.24) is 0 Å². The minimum Gasteiger partial charge on any atom is -0.663 e. The molecule has 0 amide bonds. The third-order valence-corrected chi connectivity index (χ3v) is 3.53. The van der Waals surface area contributed by atoms with Crippen LogP contribution in [0.25, 0.3) is 0 Å². The number of rotatable bonds is 12. The van der Waals surface area contributed by atoms with Gasteiger partial charge in [-0.3, -0.25) is 10.1 Å². The van der Waals surface area contributed by atoms with Crippen LogP contribution in [0.5, 0.6) is 11.5 Å². The molecule has 0 aliphatic carbocycles. The predicted molar refractivity (Wildman–Crippen MR) is 107 cm³/mol. The molecule has 0 saturated carbocycles. The first-order valence-corrected chi connectivity index (χ1v) is 8.08. The summed E-state index contributed by atoms with van der Waals surface area (Å²) < 4.78 is 21.1. The second kappa shape index (κ2) is 16.4. The van der Waals surface area contributed by atoms with E-state index in [-0.39, 0.29) is 94.9 Å². The van der Waals surface area contributed by atoms with Crippen LogP contribution in [-0.2, 0) is 42.2 Å². The van der Waals surface area contributed by atoms with Gasteiger partial charge < -0.3 is 38.9 Å². The number of ether oxygens (including phenoxy) is 4. The normalized spacial score (nSPS) is 10.2. The maximum atomic E-state index is 10.9. The summed E-state index contributed by atoms with van der Waals surface area (Å²) in [6.45, 7) is 5.53. The van der Waals surface area contributed by atoms with Gasteiger partial charge in [0.25, 0.3) is 5.69 Å². The summed E-state index contributed by atoms with van der Waals surface area (Å²) in [4.78, 5) is 10.5. The predicted octanol–water partition coefficient (Wildman–Crippen LogP) is 3.38. The molecule has 0 aromatic heterocycles.